The summed E-state index contributed by atoms with van der Waals surface area (Å²) in [6, 6.07) is 9.28. The Kier molecular flexibility index (Phi) is 21.0. The lowest BCUT2D eigenvalue weighted by atomic mass is 10.2. The molecular formula is C36H50N8O14P4. The molecule has 4 heterocycles. The molecule has 4 aromatic heterocycles. The van der Waals surface area contributed by atoms with E-state index in [1.54, 1.807) is 74.2 Å². The van der Waals surface area contributed by atoms with E-state index in [4.69, 9.17) is 42.1 Å². The van der Waals surface area contributed by atoms with Gasteiger partial charge in [0.25, 0.3) is 0 Å². The van der Waals surface area contributed by atoms with Crippen LogP contribution in [0.15, 0.2) is 48.8 Å². The summed E-state index contributed by atoms with van der Waals surface area (Å²) in [7, 11) is -8.39. The van der Waals surface area contributed by atoms with Crippen molar-refractivity contribution in [3.63, 3.8) is 0 Å². The van der Waals surface area contributed by atoms with Gasteiger partial charge in [-0.2, -0.15) is 10.2 Å². The zero-order valence-electron chi connectivity index (χ0n) is 34.7. The minimum Gasteiger partial charge on any atom is -0.492 e. The minimum absolute atomic E-state index is 0.0231. The molecular weight excluding hydrogens is 892 g/mol. The number of rotatable bonds is 29. The van der Waals surface area contributed by atoms with E-state index < -0.39 is 50.3 Å². The van der Waals surface area contributed by atoms with Crippen LogP contribution in [-0.4, -0.2) is 108 Å². The molecule has 0 bridgehead atoms. The highest BCUT2D eigenvalue weighted by Crippen LogP contribution is 2.53. The summed E-state index contributed by atoms with van der Waals surface area (Å²) >= 11 is 0. The minimum atomic E-state index is -3.66. The number of hydrogen-bond donors (Lipinski definition) is 2. The van der Waals surface area contributed by atoms with Gasteiger partial charge in [-0.1, -0.05) is 11.8 Å². The lowest BCUT2D eigenvalue weighted by Gasteiger charge is -2.29. The van der Waals surface area contributed by atoms with E-state index in [1.807, 2.05) is 0 Å². The maximum absolute atomic E-state index is 13.7. The second-order valence-electron chi connectivity index (χ2n) is 12.9. The Hall–Kier alpha value is -4.18. The van der Waals surface area contributed by atoms with Gasteiger partial charge in [0.1, 0.15) is 26.0 Å². The van der Waals surface area contributed by atoms with Crippen LogP contribution in [0.4, 0.5) is 0 Å². The Balaban J connectivity index is 1.61. The summed E-state index contributed by atoms with van der Waals surface area (Å²) in [4.78, 5) is 25.2. The molecule has 0 aliphatic carbocycles. The van der Waals surface area contributed by atoms with E-state index in [1.165, 1.54) is 21.5 Å². The van der Waals surface area contributed by atoms with Crippen LogP contribution in [0, 0.1) is 11.8 Å². The molecule has 0 atom stereocenters. The van der Waals surface area contributed by atoms with Gasteiger partial charge in [-0.05, 0) is 64.8 Å². The Labute approximate surface area is 361 Å². The fourth-order valence-electron chi connectivity index (χ4n) is 5.70. The third-order valence-electron chi connectivity index (χ3n) is 8.12. The quantitative estimate of drug-likeness (QED) is 0.0250. The van der Waals surface area contributed by atoms with Gasteiger partial charge in [-0.25, -0.2) is 33.2 Å². The van der Waals surface area contributed by atoms with Crippen molar-refractivity contribution in [2.45, 2.75) is 66.5 Å². The first-order valence-corrected chi connectivity index (χ1v) is 24.3. The zero-order valence-corrected chi connectivity index (χ0v) is 38.3. The van der Waals surface area contributed by atoms with Crippen molar-refractivity contribution in [2.75, 3.05) is 52.5 Å². The molecule has 22 nitrogen and oxygen atoms in total. The van der Waals surface area contributed by atoms with Gasteiger partial charge in [0.2, 0.25) is 11.8 Å². The Morgan fingerprint density at radius 3 is 1.69 bits per heavy atom. The topological polar surface area (TPSA) is 250 Å². The molecule has 0 aliphatic heterocycles. The van der Waals surface area contributed by atoms with Crippen molar-refractivity contribution in [1.82, 2.24) is 39.1 Å². The molecule has 2 N–H and O–H groups in total. The van der Waals surface area contributed by atoms with Crippen LogP contribution in [-0.2, 0) is 63.3 Å². The molecule has 0 aliphatic rings. The average Bonchev–Trinajstić information content (AvgIpc) is 3.98. The second-order valence-corrected chi connectivity index (χ2v) is 17.7. The lowest BCUT2D eigenvalue weighted by Crippen LogP contribution is -2.28. The van der Waals surface area contributed by atoms with Crippen LogP contribution in [0.25, 0.3) is 11.6 Å². The van der Waals surface area contributed by atoms with Crippen LogP contribution in [0.3, 0.4) is 0 Å². The molecule has 0 aromatic carbocycles. The molecule has 0 unspecified atom stereocenters. The van der Waals surface area contributed by atoms with Crippen LogP contribution < -0.4 is 4.84 Å². The third kappa shape index (κ3) is 16.2. The van der Waals surface area contributed by atoms with Crippen molar-refractivity contribution >= 4 is 38.5 Å². The molecule has 4 rings (SSSR count). The number of unbranched alkanes of at least 4 members (excludes halogenated alkanes) is 2. The van der Waals surface area contributed by atoms with Crippen molar-refractivity contribution in [3.8, 4) is 35.2 Å². The SMILES string of the molecule is CCOP(=O)(CN(Cc1ccn(-c2cc(C#CCCCCC(=O)On3c(O)ccc3O)cc(-n3ccc(CN(COP=O)COP=O)n3)n2)n1)CP(=O)(OCC)OCC)OCC. The van der Waals surface area contributed by atoms with Gasteiger partial charge >= 0.3 is 38.5 Å². The Morgan fingerprint density at radius 1 is 0.742 bits per heavy atom. The maximum atomic E-state index is 13.7. The summed E-state index contributed by atoms with van der Waals surface area (Å²) in [5, 5.41) is 28.8. The monoisotopic (exact) mass is 942 g/mol. The molecule has 26 heteroatoms. The first-order chi connectivity index (χ1) is 29.9. The van der Waals surface area contributed by atoms with Crippen LogP contribution in [0.5, 0.6) is 11.8 Å². The van der Waals surface area contributed by atoms with Crippen LogP contribution in [0.1, 0.15) is 70.3 Å². The second kappa shape index (κ2) is 25.8. The van der Waals surface area contributed by atoms with Gasteiger partial charge in [-0.3, -0.25) is 23.1 Å². The van der Waals surface area contributed by atoms with Crippen LogP contribution in [0.2, 0.25) is 0 Å². The van der Waals surface area contributed by atoms with Crippen molar-refractivity contribution in [2.24, 2.45) is 0 Å². The molecule has 4 aromatic rings. The maximum Gasteiger partial charge on any atom is 0.344 e. The van der Waals surface area contributed by atoms with E-state index in [0.29, 0.717) is 52.6 Å². The highest BCUT2D eigenvalue weighted by atomic mass is 31.2. The van der Waals surface area contributed by atoms with E-state index >= 15 is 0 Å². The largest absolute Gasteiger partial charge is 0.492 e. The van der Waals surface area contributed by atoms with Gasteiger partial charge in [-0.15, -0.1) is 4.73 Å². The number of hydrogen-bond acceptors (Lipinski definition) is 19. The molecule has 62 heavy (non-hydrogen) atoms. The number of nitrogens with zero attached hydrogens (tertiary/aromatic N) is 8. The fraction of sp³-hybridized carbons (Fsp3) is 0.500. The van der Waals surface area contributed by atoms with E-state index in [2.05, 4.69) is 16.9 Å². The molecule has 0 fully saturated rings. The van der Waals surface area contributed by atoms with Gasteiger partial charge in [0, 0.05) is 56.0 Å². The first-order valence-electron chi connectivity index (χ1n) is 19.4. The van der Waals surface area contributed by atoms with E-state index in [-0.39, 0.29) is 72.0 Å². The normalized spacial score (nSPS) is 12.1. The zero-order chi connectivity index (χ0) is 45.0. The standard InChI is InChI=1S/C36H50N8O14P4/c1-5-54-61(50,55-6-2)27-41(28-62(51,56-7-3)57-8-4)24-31-18-20-43(39-31)33-22-29(13-11-9-10-12-14-36(47)58-44-34(45)15-16-35(44)46)21-32(37-33)42-19-17-30(38-42)23-40(25-52-59-48)26-53-60-49/h15-22,45-46H,5-10,12,14,23-28H2,1-4H3. The third-order valence-corrected chi connectivity index (χ3v) is 12.7. The average molecular weight is 943 g/mol. The lowest BCUT2D eigenvalue weighted by molar-refractivity contribution is -0.145. The summed E-state index contributed by atoms with van der Waals surface area (Å²) in [6.07, 6.45) is 4.33. The summed E-state index contributed by atoms with van der Waals surface area (Å²) in [5.74, 6) is 5.52. The van der Waals surface area contributed by atoms with Crippen molar-refractivity contribution in [3.05, 3.63) is 65.7 Å². The highest BCUT2D eigenvalue weighted by molar-refractivity contribution is 7.54. The molecule has 0 radical (unpaired) electrons. The van der Waals surface area contributed by atoms with Gasteiger partial charge < -0.3 is 33.1 Å². The fourth-order valence-corrected chi connectivity index (χ4v) is 9.71. The number of aromatic hydroxyl groups is 2. The number of carbonyl (C=O) groups excluding carboxylic acids is 1. The highest BCUT2D eigenvalue weighted by Gasteiger charge is 2.34. The van der Waals surface area contributed by atoms with Crippen LogP contribution >= 0.6 is 32.6 Å². The van der Waals surface area contributed by atoms with Gasteiger partial charge in [0.15, 0.2) is 11.6 Å². The first kappa shape index (κ1) is 50.5. The molecule has 0 amide bonds. The number of carbonyl (C=O) groups is 1. The number of aromatic nitrogens is 6. The molecule has 0 spiro atoms. The molecule has 0 saturated heterocycles. The van der Waals surface area contributed by atoms with E-state index in [9.17, 15) is 33.3 Å². The summed E-state index contributed by atoms with van der Waals surface area (Å²) in [6.45, 7) is 7.37. The molecule has 338 valence electrons. The Bertz CT molecular complexity index is 2140. The van der Waals surface area contributed by atoms with Gasteiger partial charge in [0.05, 0.1) is 37.8 Å². The Morgan fingerprint density at radius 2 is 1.23 bits per heavy atom. The smallest absolute Gasteiger partial charge is 0.344 e. The van der Waals surface area contributed by atoms with E-state index in [0.717, 1.165) is 0 Å². The number of pyridine rings is 1. The van der Waals surface area contributed by atoms with Crippen molar-refractivity contribution < 1.29 is 65.2 Å². The van der Waals surface area contributed by atoms with Crippen molar-refractivity contribution in [1.29, 1.82) is 0 Å². The summed E-state index contributed by atoms with van der Waals surface area (Å²) < 4.78 is 84.9. The predicted octanol–water partition coefficient (Wildman–Crippen LogP) is 6.65. The summed E-state index contributed by atoms with van der Waals surface area (Å²) in [5.41, 5.74) is 1.59. The molecule has 0 saturated carbocycles. The predicted molar refractivity (Wildman–Crippen MR) is 223 cm³/mol.